The summed E-state index contributed by atoms with van der Waals surface area (Å²) < 4.78 is 34.0. The second-order valence-corrected chi connectivity index (χ2v) is 7.98. The zero-order valence-electron chi connectivity index (χ0n) is 17.8. The fourth-order valence-electron chi connectivity index (χ4n) is 4.23. The highest BCUT2D eigenvalue weighted by atomic mass is 19.1. The van der Waals surface area contributed by atoms with Crippen molar-refractivity contribution >= 4 is 28.2 Å². The summed E-state index contributed by atoms with van der Waals surface area (Å²) in [7, 11) is 1.46. The highest BCUT2D eigenvalue weighted by molar-refractivity contribution is 5.95. The third kappa shape index (κ3) is 3.56. The van der Waals surface area contributed by atoms with Crippen molar-refractivity contribution in [1.29, 1.82) is 0 Å². The average Bonchev–Trinajstić information content (AvgIpc) is 3.21. The molecule has 1 saturated heterocycles. The van der Waals surface area contributed by atoms with Crippen LogP contribution >= 0.6 is 0 Å². The van der Waals surface area contributed by atoms with Crippen molar-refractivity contribution in [1.82, 2.24) is 24.5 Å². The second kappa shape index (κ2) is 7.86. The van der Waals surface area contributed by atoms with Crippen LogP contribution in [0.2, 0.25) is 0 Å². The highest BCUT2D eigenvalue weighted by Crippen LogP contribution is 2.29. The average molecular weight is 439 g/mol. The topological polar surface area (TPSA) is 84.8 Å². The number of rotatable bonds is 4. The van der Waals surface area contributed by atoms with Gasteiger partial charge in [0.2, 0.25) is 5.95 Å². The number of hydrogen-bond acceptors (Lipinski definition) is 7. The predicted molar refractivity (Wildman–Crippen MR) is 118 cm³/mol. The Labute approximate surface area is 183 Å². The molecule has 2 N–H and O–H groups in total. The van der Waals surface area contributed by atoms with Gasteiger partial charge in [0, 0.05) is 37.4 Å². The molecule has 2 aromatic carbocycles. The molecule has 1 aliphatic rings. The van der Waals surface area contributed by atoms with Crippen LogP contribution in [0.5, 0.6) is 5.75 Å². The van der Waals surface area contributed by atoms with Crippen molar-refractivity contribution in [2.45, 2.75) is 19.5 Å². The fourth-order valence-corrected chi connectivity index (χ4v) is 4.23. The highest BCUT2D eigenvalue weighted by Gasteiger charge is 2.26. The number of halogens is 2. The van der Waals surface area contributed by atoms with E-state index in [0.29, 0.717) is 34.7 Å². The minimum Gasteiger partial charge on any atom is -0.494 e. The number of piperazine rings is 1. The number of fused-ring (bicyclic) bond motifs is 3. The summed E-state index contributed by atoms with van der Waals surface area (Å²) in [4.78, 5) is 13.5. The van der Waals surface area contributed by atoms with Crippen LogP contribution in [0.25, 0.3) is 16.6 Å². The lowest BCUT2D eigenvalue weighted by atomic mass is 10.1. The van der Waals surface area contributed by atoms with Crippen LogP contribution in [0.4, 0.5) is 20.4 Å². The summed E-state index contributed by atoms with van der Waals surface area (Å²) in [6, 6.07) is 9.42. The molecule has 0 aliphatic carbocycles. The summed E-state index contributed by atoms with van der Waals surface area (Å²) in [5.41, 5.74) is 7.99. The van der Waals surface area contributed by atoms with Gasteiger partial charge in [-0.2, -0.15) is 4.52 Å². The van der Waals surface area contributed by atoms with Crippen LogP contribution < -0.4 is 15.4 Å². The number of hydrogen-bond donors (Lipinski definition) is 1. The third-order valence-corrected chi connectivity index (χ3v) is 5.90. The van der Waals surface area contributed by atoms with E-state index in [2.05, 4.69) is 31.8 Å². The fraction of sp³-hybridized carbons (Fsp3) is 0.318. The van der Waals surface area contributed by atoms with E-state index in [-0.39, 0.29) is 17.8 Å². The molecule has 0 spiro atoms. The van der Waals surface area contributed by atoms with E-state index < -0.39 is 5.82 Å². The maximum absolute atomic E-state index is 14.1. The van der Waals surface area contributed by atoms with Crippen molar-refractivity contribution in [3.05, 3.63) is 53.9 Å². The van der Waals surface area contributed by atoms with Crippen molar-refractivity contribution < 1.29 is 13.5 Å². The van der Waals surface area contributed by atoms with Crippen LogP contribution in [0.1, 0.15) is 12.7 Å². The van der Waals surface area contributed by atoms with Crippen LogP contribution in [0, 0.1) is 11.6 Å². The summed E-state index contributed by atoms with van der Waals surface area (Å²) in [5, 5.41) is 5.01. The van der Waals surface area contributed by atoms with Crippen molar-refractivity contribution in [2.75, 3.05) is 37.4 Å². The van der Waals surface area contributed by atoms with Crippen molar-refractivity contribution in [3.63, 3.8) is 0 Å². The first-order chi connectivity index (χ1) is 15.4. The molecule has 8 nitrogen and oxygen atoms in total. The Morgan fingerprint density at radius 1 is 1.09 bits per heavy atom. The molecule has 0 saturated carbocycles. The standard InChI is InChI=1S/C22H23F2N7O/c1-13-11-30(16-5-3-14(23)4-6-16)8-7-29(13)12-19-26-21-17-9-15(24)10-18(32-2)20(17)27-22(25)31(21)28-19/h3-6,9-10,13H,7-8,11-12H2,1-2H3,(H2,25,27). The molecular formula is C22H23F2N7O. The zero-order valence-corrected chi connectivity index (χ0v) is 17.8. The van der Waals surface area contributed by atoms with Crippen molar-refractivity contribution in [2.24, 2.45) is 0 Å². The Hall–Kier alpha value is -3.53. The molecule has 10 heteroatoms. The SMILES string of the molecule is COc1cc(F)cc2c1nc(N)n1nc(CN3CCN(c4ccc(F)cc4)CC3C)nc21. The van der Waals surface area contributed by atoms with Gasteiger partial charge in [0.15, 0.2) is 11.5 Å². The molecular weight excluding hydrogens is 416 g/mol. The summed E-state index contributed by atoms with van der Waals surface area (Å²) in [6.07, 6.45) is 0. The molecule has 166 valence electrons. The summed E-state index contributed by atoms with van der Waals surface area (Å²) in [5.74, 6) is 0.348. The largest absolute Gasteiger partial charge is 0.494 e. The molecule has 4 aromatic rings. The molecule has 0 radical (unpaired) electrons. The van der Waals surface area contributed by atoms with E-state index in [1.54, 1.807) is 12.1 Å². The maximum Gasteiger partial charge on any atom is 0.223 e. The quantitative estimate of drug-likeness (QED) is 0.523. The first-order valence-electron chi connectivity index (χ1n) is 10.4. The van der Waals surface area contributed by atoms with Gasteiger partial charge in [-0.3, -0.25) is 4.90 Å². The number of methoxy groups -OCH3 is 1. The lowest BCUT2D eigenvalue weighted by Crippen LogP contribution is -2.51. The number of aromatic nitrogens is 4. The van der Waals surface area contributed by atoms with Gasteiger partial charge in [-0.15, -0.1) is 5.10 Å². The van der Waals surface area contributed by atoms with E-state index in [9.17, 15) is 8.78 Å². The van der Waals surface area contributed by atoms with Crippen LogP contribution in [0.3, 0.4) is 0 Å². The zero-order chi connectivity index (χ0) is 22.4. The van der Waals surface area contributed by atoms with Gasteiger partial charge in [-0.1, -0.05) is 0 Å². The molecule has 0 bridgehead atoms. The van der Waals surface area contributed by atoms with Crippen LogP contribution in [-0.2, 0) is 6.54 Å². The Bertz CT molecular complexity index is 1290. The van der Waals surface area contributed by atoms with E-state index >= 15 is 0 Å². The monoisotopic (exact) mass is 439 g/mol. The first-order valence-corrected chi connectivity index (χ1v) is 10.4. The normalized spacial score (nSPS) is 17.4. The van der Waals surface area contributed by atoms with E-state index in [4.69, 9.17) is 10.5 Å². The molecule has 3 heterocycles. The number of nitrogen functional groups attached to an aromatic ring is 1. The molecule has 32 heavy (non-hydrogen) atoms. The number of anilines is 2. The lowest BCUT2D eigenvalue weighted by Gasteiger charge is -2.40. The van der Waals surface area contributed by atoms with Crippen LogP contribution in [0.15, 0.2) is 36.4 Å². The van der Waals surface area contributed by atoms with Crippen LogP contribution in [-0.4, -0.2) is 57.3 Å². The first kappa shape index (κ1) is 20.4. The number of benzene rings is 2. The smallest absolute Gasteiger partial charge is 0.223 e. The van der Waals surface area contributed by atoms with Gasteiger partial charge in [0.05, 0.1) is 19.0 Å². The summed E-state index contributed by atoms with van der Waals surface area (Å²) >= 11 is 0. The van der Waals surface area contributed by atoms with Gasteiger partial charge in [0.1, 0.15) is 22.9 Å². The molecule has 1 unspecified atom stereocenters. The minimum absolute atomic E-state index is 0.158. The molecule has 0 amide bonds. The number of nitrogens with two attached hydrogens (primary N) is 1. The van der Waals surface area contributed by atoms with Gasteiger partial charge < -0.3 is 15.4 Å². The Morgan fingerprint density at radius 2 is 1.88 bits per heavy atom. The summed E-state index contributed by atoms with van der Waals surface area (Å²) in [6.45, 7) is 5.06. The molecule has 5 rings (SSSR count). The Morgan fingerprint density at radius 3 is 2.59 bits per heavy atom. The Balaban J connectivity index is 1.41. The van der Waals surface area contributed by atoms with Gasteiger partial charge in [0.25, 0.3) is 0 Å². The molecule has 1 fully saturated rings. The van der Waals surface area contributed by atoms with Crippen molar-refractivity contribution in [3.8, 4) is 5.75 Å². The van der Waals surface area contributed by atoms with E-state index in [1.807, 2.05) is 0 Å². The minimum atomic E-state index is -0.446. The van der Waals surface area contributed by atoms with Gasteiger partial charge >= 0.3 is 0 Å². The van der Waals surface area contributed by atoms with Gasteiger partial charge in [-0.25, -0.2) is 18.7 Å². The lowest BCUT2D eigenvalue weighted by molar-refractivity contribution is 0.177. The number of ether oxygens (including phenoxy) is 1. The Kier molecular flexibility index (Phi) is 5.01. The molecule has 1 aliphatic heterocycles. The molecule has 2 aromatic heterocycles. The number of nitrogens with zero attached hydrogens (tertiary/aromatic N) is 6. The van der Waals surface area contributed by atoms with E-state index in [1.165, 1.54) is 35.9 Å². The molecule has 1 atom stereocenters. The maximum atomic E-state index is 14.1. The third-order valence-electron chi connectivity index (χ3n) is 5.90. The predicted octanol–water partition coefficient (Wildman–Crippen LogP) is 2.86. The van der Waals surface area contributed by atoms with Gasteiger partial charge in [-0.05, 0) is 37.3 Å². The van der Waals surface area contributed by atoms with E-state index in [0.717, 1.165) is 25.3 Å². The second-order valence-electron chi connectivity index (χ2n) is 7.98.